The third-order valence-corrected chi connectivity index (χ3v) is 5.65. The van der Waals surface area contributed by atoms with Crippen molar-refractivity contribution in [3.63, 3.8) is 0 Å². The molecule has 1 atom stereocenters. The number of hydrogen-bond acceptors (Lipinski definition) is 4. The molecule has 3 aromatic rings. The number of amides is 1. The summed E-state index contributed by atoms with van der Waals surface area (Å²) >= 11 is 5.51. The van der Waals surface area contributed by atoms with E-state index in [1.165, 1.54) is 0 Å². The van der Waals surface area contributed by atoms with Gasteiger partial charge >= 0.3 is 0 Å². The van der Waals surface area contributed by atoms with Crippen LogP contribution in [-0.4, -0.2) is 25.2 Å². The van der Waals surface area contributed by atoms with E-state index in [-0.39, 0.29) is 5.91 Å². The zero-order valence-corrected chi connectivity index (χ0v) is 19.5. The number of carbonyl (C=O) groups is 1. The Morgan fingerprint density at radius 2 is 1.64 bits per heavy atom. The summed E-state index contributed by atoms with van der Waals surface area (Å²) in [7, 11) is 3.17. The van der Waals surface area contributed by atoms with Gasteiger partial charge in [-0.2, -0.15) is 0 Å². The molecule has 4 rings (SSSR count). The fraction of sp³-hybridized carbons (Fsp3) is 0.154. The molecule has 3 aromatic carbocycles. The van der Waals surface area contributed by atoms with Gasteiger partial charge in [0.15, 0.2) is 16.6 Å². The van der Waals surface area contributed by atoms with Crippen LogP contribution >= 0.6 is 12.2 Å². The largest absolute Gasteiger partial charge is 0.493 e. The van der Waals surface area contributed by atoms with Crippen LogP contribution in [0.15, 0.2) is 78.4 Å². The maximum Gasteiger partial charge on any atom is 0.256 e. The van der Waals surface area contributed by atoms with Gasteiger partial charge in [0.2, 0.25) is 0 Å². The Bertz CT molecular complexity index is 1210. The molecule has 1 amide bonds. The fourth-order valence-corrected chi connectivity index (χ4v) is 3.98. The molecule has 0 unspecified atom stereocenters. The van der Waals surface area contributed by atoms with Gasteiger partial charge in [0.05, 0.1) is 31.5 Å². The summed E-state index contributed by atoms with van der Waals surface area (Å²) in [6.07, 6.45) is 0. The lowest BCUT2D eigenvalue weighted by atomic mass is 9.91. The molecule has 6 nitrogen and oxygen atoms in total. The van der Waals surface area contributed by atoms with Crippen LogP contribution in [-0.2, 0) is 4.79 Å². The maximum absolute atomic E-state index is 13.7. The Morgan fingerprint density at radius 3 is 2.30 bits per heavy atom. The average Bonchev–Trinajstić information content (AvgIpc) is 2.84. The molecular weight excluding hydrogens is 434 g/mol. The maximum atomic E-state index is 13.7. The first-order valence-electron chi connectivity index (χ1n) is 10.5. The van der Waals surface area contributed by atoms with Crippen molar-refractivity contribution in [2.24, 2.45) is 0 Å². The third-order valence-electron chi connectivity index (χ3n) is 5.43. The molecule has 0 fully saturated rings. The van der Waals surface area contributed by atoms with Gasteiger partial charge in [-0.3, -0.25) is 4.79 Å². The number of ether oxygens (including phenoxy) is 2. The van der Waals surface area contributed by atoms with E-state index in [0.29, 0.717) is 33.6 Å². The number of rotatable bonds is 6. The molecule has 3 N–H and O–H groups in total. The molecule has 0 bridgehead atoms. The minimum Gasteiger partial charge on any atom is -0.493 e. The van der Waals surface area contributed by atoms with Crippen LogP contribution in [0.4, 0.5) is 5.69 Å². The number of anilines is 1. The van der Waals surface area contributed by atoms with Crippen LogP contribution in [0.1, 0.15) is 22.7 Å². The van der Waals surface area contributed by atoms with Crippen LogP contribution in [0.5, 0.6) is 11.5 Å². The zero-order chi connectivity index (χ0) is 23.4. The zero-order valence-electron chi connectivity index (χ0n) is 18.6. The molecular formula is C26H25N3O3S. The first-order valence-corrected chi connectivity index (χ1v) is 10.9. The number of benzene rings is 3. The highest BCUT2D eigenvalue weighted by atomic mass is 32.1. The number of methoxy groups -OCH3 is 2. The Labute approximate surface area is 198 Å². The lowest BCUT2D eigenvalue weighted by molar-refractivity contribution is -0.113. The second kappa shape index (κ2) is 9.75. The summed E-state index contributed by atoms with van der Waals surface area (Å²) in [6.45, 7) is 2.00. The highest BCUT2D eigenvalue weighted by Crippen LogP contribution is 2.36. The molecule has 168 valence electrons. The highest BCUT2D eigenvalue weighted by molar-refractivity contribution is 7.80. The van der Waals surface area contributed by atoms with Crippen LogP contribution in [0.3, 0.4) is 0 Å². The SMILES string of the molecule is COc1ccc([C@H]2NC(=S)NC(c3ccccc3)=C2C(=O)Nc2ccc(C)cc2)cc1OC. The van der Waals surface area contributed by atoms with Crippen molar-refractivity contribution >= 4 is 34.6 Å². The van der Waals surface area contributed by atoms with E-state index < -0.39 is 6.04 Å². The van der Waals surface area contributed by atoms with Crippen molar-refractivity contribution in [3.8, 4) is 11.5 Å². The molecule has 33 heavy (non-hydrogen) atoms. The Morgan fingerprint density at radius 1 is 0.939 bits per heavy atom. The van der Waals surface area contributed by atoms with Crippen LogP contribution in [0.25, 0.3) is 5.70 Å². The lowest BCUT2D eigenvalue weighted by Gasteiger charge is -2.32. The van der Waals surface area contributed by atoms with E-state index in [0.717, 1.165) is 16.7 Å². The van der Waals surface area contributed by atoms with E-state index in [9.17, 15) is 4.79 Å². The molecule has 0 saturated carbocycles. The van der Waals surface area contributed by atoms with E-state index >= 15 is 0 Å². The predicted molar refractivity (Wildman–Crippen MR) is 134 cm³/mol. The van der Waals surface area contributed by atoms with Gasteiger partial charge in [0, 0.05) is 5.69 Å². The number of thiocarbonyl (C=S) groups is 1. The van der Waals surface area contributed by atoms with Gasteiger partial charge in [0.25, 0.3) is 5.91 Å². The third kappa shape index (κ3) is 4.83. The Hall–Kier alpha value is -3.84. The Balaban J connectivity index is 1.84. The van der Waals surface area contributed by atoms with Crippen molar-refractivity contribution in [2.45, 2.75) is 13.0 Å². The number of aryl methyl sites for hydroxylation is 1. The minimum absolute atomic E-state index is 0.236. The smallest absolute Gasteiger partial charge is 0.256 e. The second-order valence-electron chi connectivity index (χ2n) is 7.62. The number of carbonyl (C=O) groups excluding carboxylic acids is 1. The van der Waals surface area contributed by atoms with Crippen molar-refractivity contribution in [1.82, 2.24) is 10.6 Å². The van der Waals surface area contributed by atoms with Crippen molar-refractivity contribution < 1.29 is 14.3 Å². The van der Waals surface area contributed by atoms with Gasteiger partial charge in [-0.25, -0.2) is 0 Å². The van der Waals surface area contributed by atoms with Crippen LogP contribution in [0.2, 0.25) is 0 Å². The van der Waals surface area contributed by atoms with Crippen LogP contribution < -0.4 is 25.4 Å². The fourth-order valence-electron chi connectivity index (χ4n) is 3.76. The lowest BCUT2D eigenvalue weighted by Crippen LogP contribution is -2.45. The highest BCUT2D eigenvalue weighted by Gasteiger charge is 2.32. The van der Waals surface area contributed by atoms with Gasteiger partial charge in [-0.15, -0.1) is 0 Å². The molecule has 0 radical (unpaired) electrons. The van der Waals surface area contributed by atoms with E-state index in [2.05, 4.69) is 16.0 Å². The average molecular weight is 460 g/mol. The first kappa shape index (κ1) is 22.4. The first-order chi connectivity index (χ1) is 16.0. The molecule has 7 heteroatoms. The van der Waals surface area contributed by atoms with E-state index in [4.69, 9.17) is 21.7 Å². The standard InChI is InChI=1S/C26H25N3O3S/c1-16-9-12-19(13-10-16)27-25(30)22-23(17-7-5-4-6-8-17)28-26(33)29-24(22)18-11-14-20(31-2)21(15-18)32-3/h4-15,24H,1-3H3,(H,27,30)(H2,28,29,33)/t24-/m1/s1. The minimum atomic E-state index is -0.501. The van der Waals surface area contributed by atoms with Crippen molar-refractivity contribution in [2.75, 3.05) is 19.5 Å². The number of nitrogens with one attached hydrogen (secondary N) is 3. The summed E-state index contributed by atoms with van der Waals surface area (Å²) in [6, 6.07) is 22.4. The topological polar surface area (TPSA) is 71.6 Å². The molecule has 1 aliphatic rings. The molecule has 0 saturated heterocycles. The second-order valence-corrected chi connectivity index (χ2v) is 8.03. The van der Waals surface area contributed by atoms with E-state index in [1.54, 1.807) is 14.2 Å². The molecule has 1 aliphatic heterocycles. The van der Waals surface area contributed by atoms with Crippen LogP contribution in [0, 0.1) is 6.92 Å². The van der Waals surface area contributed by atoms with Crippen molar-refractivity contribution in [3.05, 3.63) is 95.1 Å². The molecule has 0 aliphatic carbocycles. The normalized spacial score (nSPS) is 15.4. The molecule has 0 aromatic heterocycles. The van der Waals surface area contributed by atoms with E-state index in [1.807, 2.05) is 79.7 Å². The molecule has 0 spiro atoms. The van der Waals surface area contributed by atoms with Gasteiger partial charge in [-0.1, -0.05) is 54.1 Å². The quantitative estimate of drug-likeness (QED) is 0.469. The summed E-state index contributed by atoms with van der Waals surface area (Å²) in [5.41, 5.74) is 4.68. The van der Waals surface area contributed by atoms with Gasteiger partial charge in [0.1, 0.15) is 0 Å². The Kier molecular flexibility index (Phi) is 6.60. The van der Waals surface area contributed by atoms with Gasteiger partial charge < -0.3 is 25.4 Å². The van der Waals surface area contributed by atoms with Gasteiger partial charge in [-0.05, 0) is 54.5 Å². The summed E-state index contributed by atoms with van der Waals surface area (Å²) in [5, 5.41) is 9.90. The predicted octanol–water partition coefficient (Wildman–Crippen LogP) is 4.58. The summed E-state index contributed by atoms with van der Waals surface area (Å²) in [4.78, 5) is 13.7. The summed E-state index contributed by atoms with van der Waals surface area (Å²) in [5.74, 6) is 0.941. The summed E-state index contributed by atoms with van der Waals surface area (Å²) < 4.78 is 10.9. The van der Waals surface area contributed by atoms with Crippen molar-refractivity contribution in [1.29, 1.82) is 0 Å². The molecule has 1 heterocycles. The monoisotopic (exact) mass is 459 g/mol. The number of hydrogen-bond donors (Lipinski definition) is 3.